The van der Waals surface area contributed by atoms with Gasteiger partial charge in [-0.05, 0) is 31.0 Å². The number of amides is 2. The van der Waals surface area contributed by atoms with Crippen LogP contribution in [0.1, 0.15) is 12.0 Å². The van der Waals surface area contributed by atoms with Gasteiger partial charge in [-0.15, -0.1) is 0 Å². The molecular weight excluding hydrogens is 344 g/mol. The van der Waals surface area contributed by atoms with Gasteiger partial charge < -0.3 is 4.74 Å². The first-order chi connectivity index (χ1) is 10.8. The molecule has 2 aliphatic heterocycles. The lowest BCUT2D eigenvalue weighted by atomic mass is 10.2. The number of ether oxygens (including phenoxy) is 1. The summed E-state index contributed by atoms with van der Waals surface area (Å²) in [6.45, 7) is 1.80. The van der Waals surface area contributed by atoms with Gasteiger partial charge in [0, 0.05) is 18.1 Å². The van der Waals surface area contributed by atoms with Crippen molar-refractivity contribution in [3.63, 3.8) is 0 Å². The van der Waals surface area contributed by atoms with Gasteiger partial charge in [0.2, 0.25) is 10.0 Å². The molecule has 1 aromatic rings. The zero-order valence-corrected chi connectivity index (χ0v) is 13.9. The van der Waals surface area contributed by atoms with Gasteiger partial charge in [0.15, 0.2) is 6.61 Å². The maximum Gasteiger partial charge on any atom is 0.417 e. The van der Waals surface area contributed by atoms with Crippen LogP contribution in [0.25, 0.3) is 0 Å². The first-order valence-electron chi connectivity index (χ1n) is 7.06. The van der Waals surface area contributed by atoms with Crippen molar-refractivity contribution in [1.82, 2.24) is 9.21 Å². The molecule has 7 nitrogen and oxygen atoms in total. The number of benzene rings is 1. The first kappa shape index (κ1) is 16.2. The second-order valence-electron chi connectivity index (χ2n) is 5.53. The summed E-state index contributed by atoms with van der Waals surface area (Å²) >= 11 is 6.00. The minimum atomic E-state index is -3.72. The van der Waals surface area contributed by atoms with E-state index < -0.39 is 28.1 Å². The van der Waals surface area contributed by atoms with Crippen molar-refractivity contribution in [3.8, 4) is 0 Å². The number of halogens is 1. The summed E-state index contributed by atoms with van der Waals surface area (Å²) in [5.41, 5.74) is 0.787. The molecule has 0 N–H and O–H groups in total. The van der Waals surface area contributed by atoms with E-state index in [2.05, 4.69) is 4.74 Å². The molecule has 0 radical (unpaired) electrons. The standard InChI is InChI=1S/C14H15ClN2O5S/c1-9-2-3-11(6-12(9)15)23(20,21)16-5-4-10(7-16)17-13(18)8-22-14(17)19/h2-3,6,10H,4-5,7-8H2,1H3/t10-/m0/s1. The largest absolute Gasteiger partial charge is 0.439 e. The first-order valence-corrected chi connectivity index (χ1v) is 8.87. The Bertz CT molecular complexity index is 763. The number of carbonyl (C=O) groups excluding carboxylic acids is 2. The molecule has 1 atom stereocenters. The Morgan fingerprint density at radius 3 is 2.65 bits per heavy atom. The van der Waals surface area contributed by atoms with Gasteiger partial charge in [-0.25, -0.2) is 18.1 Å². The van der Waals surface area contributed by atoms with Crippen molar-refractivity contribution in [1.29, 1.82) is 0 Å². The van der Waals surface area contributed by atoms with E-state index in [-0.39, 0.29) is 24.6 Å². The second-order valence-corrected chi connectivity index (χ2v) is 7.88. The van der Waals surface area contributed by atoms with E-state index in [4.69, 9.17) is 11.6 Å². The Morgan fingerprint density at radius 1 is 1.30 bits per heavy atom. The van der Waals surface area contributed by atoms with Crippen LogP contribution in [0.3, 0.4) is 0 Å². The minimum Gasteiger partial charge on any atom is -0.439 e. The number of imide groups is 1. The molecule has 0 bridgehead atoms. The smallest absolute Gasteiger partial charge is 0.417 e. The molecule has 2 saturated heterocycles. The lowest BCUT2D eigenvalue weighted by Crippen LogP contribution is -2.42. The van der Waals surface area contributed by atoms with Gasteiger partial charge >= 0.3 is 6.09 Å². The summed E-state index contributed by atoms with van der Waals surface area (Å²) in [7, 11) is -3.72. The third-order valence-electron chi connectivity index (χ3n) is 4.06. The minimum absolute atomic E-state index is 0.0642. The Labute approximate surface area is 138 Å². The summed E-state index contributed by atoms with van der Waals surface area (Å²) in [6, 6.07) is 4.06. The highest BCUT2D eigenvalue weighted by atomic mass is 35.5. The molecule has 0 aliphatic carbocycles. The van der Waals surface area contributed by atoms with E-state index >= 15 is 0 Å². The molecular formula is C14H15ClN2O5S. The molecule has 23 heavy (non-hydrogen) atoms. The van der Waals surface area contributed by atoms with Crippen LogP contribution in [0, 0.1) is 6.92 Å². The quantitative estimate of drug-likeness (QED) is 0.815. The summed E-state index contributed by atoms with van der Waals surface area (Å²) < 4.78 is 31.3. The monoisotopic (exact) mass is 358 g/mol. The predicted molar refractivity (Wildman–Crippen MR) is 81.5 cm³/mol. The van der Waals surface area contributed by atoms with E-state index in [0.29, 0.717) is 11.4 Å². The van der Waals surface area contributed by atoms with Crippen LogP contribution < -0.4 is 0 Å². The second kappa shape index (κ2) is 5.77. The molecule has 2 amide bonds. The maximum atomic E-state index is 12.7. The average Bonchev–Trinajstić information content (AvgIpc) is 3.09. The topological polar surface area (TPSA) is 84.0 Å². The lowest BCUT2D eigenvalue weighted by Gasteiger charge is -2.20. The molecule has 0 aromatic heterocycles. The van der Waals surface area contributed by atoms with Crippen LogP contribution in [0.2, 0.25) is 5.02 Å². The third kappa shape index (κ3) is 2.82. The van der Waals surface area contributed by atoms with Crippen molar-refractivity contribution >= 4 is 33.6 Å². The molecule has 2 heterocycles. The molecule has 2 aliphatic rings. The van der Waals surface area contributed by atoms with Crippen molar-refractivity contribution in [3.05, 3.63) is 28.8 Å². The van der Waals surface area contributed by atoms with Gasteiger partial charge in [-0.3, -0.25) is 4.79 Å². The number of nitrogens with zero attached hydrogens (tertiary/aromatic N) is 2. The summed E-state index contributed by atoms with van der Waals surface area (Å²) in [5.74, 6) is -0.433. The molecule has 3 rings (SSSR count). The fraction of sp³-hybridized carbons (Fsp3) is 0.429. The van der Waals surface area contributed by atoms with Gasteiger partial charge in [0.25, 0.3) is 5.91 Å². The third-order valence-corrected chi connectivity index (χ3v) is 6.33. The SMILES string of the molecule is Cc1ccc(S(=O)(=O)N2CC[C@H](N3C(=O)COC3=O)C2)cc1Cl. The highest BCUT2D eigenvalue weighted by molar-refractivity contribution is 7.89. The van der Waals surface area contributed by atoms with E-state index in [1.165, 1.54) is 16.4 Å². The van der Waals surface area contributed by atoms with E-state index in [9.17, 15) is 18.0 Å². The molecule has 9 heteroatoms. The number of hydrogen-bond donors (Lipinski definition) is 0. The van der Waals surface area contributed by atoms with Crippen LogP contribution in [0.15, 0.2) is 23.1 Å². The van der Waals surface area contributed by atoms with E-state index in [1.54, 1.807) is 13.0 Å². The fourth-order valence-corrected chi connectivity index (χ4v) is 4.50. The predicted octanol–water partition coefficient (Wildman–Crippen LogP) is 1.39. The van der Waals surface area contributed by atoms with Crippen LogP contribution in [-0.4, -0.2) is 55.4 Å². The van der Waals surface area contributed by atoms with Gasteiger partial charge in [0.05, 0.1) is 10.9 Å². The number of carbonyl (C=O) groups is 2. The number of hydrogen-bond acceptors (Lipinski definition) is 5. The Balaban J connectivity index is 1.81. The highest BCUT2D eigenvalue weighted by Crippen LogP contribution is 2.27. The van der Waals surface area contributed by atoms with Crippen LogP contribution >= 0.6 is 11.6 Å². The number of cyclic esters (lactones) is 1. The summed E-state index contributed by atoms with van der Waals surface area (Å²) in [5, 5.41) is 0.375. The number of sulfonamides is 1. The Morgan fingerprint density at radius 2 is 2.04 bits per heavy atom. The zero-order chi connectivity index (χ0) is 16.8. The Hall–Kier alpha value is -1.64. The highest BCUT2D eigenvalue weighted by Gasteiger charge is 2.43. The molecule has 0 unspecified atom stereocenters. The molecule has 0 spiro atoms. The molecule has 124 valence electrons. The van der Waals surface area contributed by atoms with Crippen molar-refractivity contribution in [2.45, 2.75) is 24.3 Å². The van der Waals surface area contributed by atoms with Crippen molar-refractivity contribution < 1.29 is 22.7 Å². The van der Waals surface area contributed by atoms with E-state index in [0.717, 1.165) is 10.5 Å². The zero-order valence-electron chi connectivity index (χ0n) is 12.4. The van der Waals surface area contributed by atoms with Gasteiger partial charge in [-0.1, -0.05) is 17.7 Å². The van der Waals surface area contributed by atoms with Gasteiger partial charge in [-0.2, -0.15) is 4.31 Å². The number of aryl methyl sites for hydroxylation is 1. The van der Waals surface area contributed by atoms with Crippen molar-refractivity contribution in [2.24, 2.45) is 0 Å². The number of rotatable bonds is 3. The Kier molecular flexibility index (Phi) is 4.07. The van der Waals surface area contributed by atoms with E-state index in [1.807, 2.05) is 0 Å². The van der Waals surface area contributed by atoms with Crippen LogP contribution in [-0.2, 0) is 19.6 Å². The average molecular weight is 359 g/mol. The molecule has 0 saturated carbocycles. The summed E-state index contributed by atoms with van der Waals surface area (Å²) in [4.78, 5) is 24.4. The maximum absolute atomic E-state index is 12.7. The molecule has 1 aromatic carbocycles. The summed E-state index contributed by atoms with van der Waals surface area (Å²) in [6.07, 6.45) is -0.322. The van der Waals surface area contributed by atoms with Crippen LogP contribution in [0.4, 0.5) is 4.79 Å². The van der Waals surface area contributed by atoms with Gasteiger partial charge in [0.1, 0.15) is 0 Å². The molecule has 2 fully saturated rings. The fourth-order valence-electron chi connectivity index (χ4n) is 2.74. The van der Waals surface area contributed by atoms with Crippen molar-refractivity contribution in [2.75, 3.05) is 19.7 Å². The lowest BCUT2D eigenvalue weighted by molar-refractivity contribution is -0.127. The normalized spacial score (nSPS) is 22.7. The van der Waals surface area contributed by atoms with Crippen LogP contribution in [0.5, 0.6) is 0 Å².